The molecule has 2 aliphatic rings. The van der Waals surface area contributed by atoms with E-state index >= 15 is 0 Å². The first-order chi connectivity index (χ1) is 33.7. The zero-order chi connectivity index (χ0) is 45.0. The summed E-state index contributed by atoms with van der Waals surface area (Å²) in [6.07, 6.45) is 0. The van der Waals surface area contributed by atoms with Gasteiger partial charge in [-0.25, -0.2) is 29.9 Å². The Morgan fingerprint density at radius 3 is 1.19 bits per heavy atom. The van der Waals surface area contributed by atoms with Crippen LogP contribution in [0, 0.1) is 0 Å². The molecule has 7 heteroatoms. The van der Waals surface area contributed by atoms with Gasteiger partial charge in [-0.15, -0.1) is 0 Å². The van der Waals surface area contributed by atoms with Crippen molar-refractivity contribution in [3.8, 4) is 102 Å². The molecule has 0 N–H and O–H groups in total. The number of rotatable bonds is 7. The van der Waals surface area contributed by atoms with E-state index in [2.05, 4.69) is 121 Å². The predicted octanol–water partition coefficient (Wildman–Crippen LogP) is 14.2. The molecule has 3 heterocycles. The number of nitrogens with zero attached hydrogens (tertiary/aromatic N) is 6. The van der Waals surface area contributed by atoms with Crippen LogP contribution in [-0.4, -0.2) is 29.9 Å². The van der Waals surface area contributed by atoms with Crippen LogP contribution in [0.2, 0.25) is 0 Å². The van der Waals surface area contributed by atoms with E-state index in [1.54, 1.807) is 0 Å². The highest BCUT2D eigenvalue weighted by molar-refractivity contribution is 5.97. The number of hydrogen-bond donors (Lipinski definition) is 0. The number of fused-ring (bicyclic) bond motifs is 9. The van der Waals surface area contributed by atoms with E-state index in [9.17, 15) is 0 Å². The van der Waals surface area contributed by atoms with Crippen molar-refractivity contribution in [2.45, 2.75) is 5.41 Å². The molecular weight excluding hydrogens is 833 g/mol. The lowest BCUT2D eigenvalue weighted by Crippen LogP contribution is -2.32. The second-order valence-corrected chi connectivity index (χ2v) is 17.0. The summed E-state index contributed by atoms with van der Waals surface area (Å²) in [6, 6.07) is 79.1. The van der Waals surface area contributed by atoms with Crippen LogP contribution in [0.1, 0.15) is 22.3 Å². The van der Waals surface area contributed by atoms with E-state index in [-0.39, 0.29) is 0 Å². The number of para-hydroxylation sites is 2. The highest BCUT2D eigenvalue weighted by Gasteiger charge is 2.52. The van der Waals surface area contributed by atoms with Gasteiger partial charge in [0.25, 0.3) is 0 Å². The van der Waals surface area contributed by atoms with E-state index in [0.717, 1.165) is 89.4 Å². The van der Waals surface area contributed by atoms with Gasteiger partial charge in [0.2, 0.25) is 0 Å². The molecule has 11 aromatic rings. The number of benzene rings is 9. The highest BCUT2D eigenvalue weighted by atomic mass is 16.5. The Hall–Kier alpha value is -9.20. The summed E-state index contributed by atoms with van der Waals surface area (Å²) in [5.74, 6) is 5.12. The average Bonchev–Trinajstić information content (AvgIpc) is 3.71. The van der Waals surface area contributed by atoms with Gasteiger partial charge in [-0.3, -0.25) is 0 Å². The Bertz CT molecular complexity index is 3610. The van der Waals surface area contributed by atoms with Crippen LogP contribution in [0.15, 0.2) is 231 Å². The quantitative estimate of drug-likeness (QED) is 0.158. The van der Waals surface area contributed by atoms with Crippen LogP contribution < -0.4 is 4.74 Å². The number of aromatic nitrogens is 6. The predicted molar refractivity (Wildman–Crippen MR) is 269 cm³/mol. The lowest BCUT2D eigenvalue weighted by Gasteiger charge is -2.39. The van der Waals surface area contributed by atoms with E-state index in [1.165, 1.54) is 0 Å². The van der Waals surface area contributed by atoms with Crippen molar-refractivity contribution in [2.24, 2.45) is 0 Å². The largest absolute Gasteiger partial charge is 0.457 e. The molecule has 0 saturated heterocycles. The van der Waals surface area contributed by atoms with Crippen LogP contribution in [0.5, 0.6) is 11.5 Å². The molecule has 1 aliphatic heterocycles. The summed E-state index contributed by atoms with van der Waals surface area (Å²) in [7, 11) is 0. The molecule has 1 spiro atoms. The van der Waals surface area contributed by atoms with Crippen molar-refractivity contribution in [1.82, 2.24) is 29.9 Å². The SMILES string of the molecule is c1ccc(-c2cccc(-c3nc(-c4ccccc4)nc(-c4ccc5c(c4)-c4c(-c6nc(-c7ccccc7)nc(-c7ccccc7)n6)cccc4C54c5ccccc5Oc5ccccc54)n3)c2)cc1. The van der Waals surface area contributed by atoms with Crippen LogP contribution in [-0.2, 0) is 5.41 Å². The van der Waals surface area contributed by atoms with Crippen molar-refractivity contribution in [3.63, 3.8) is 0 Å². The van der Waals surface area contributed by atoms with Gasteiger partial charge in [0.1, 0.15) is 11.5 Å². The van der Waals surface area contributed by atoms with E-state index in [1.807, 2.05) is 109 Å². The lowest BCUT2D eigenvalue weighted by molar-refractivity contribution is 0.436. The summed E-state index contributed by atoms with van der Waals surface area (Å²) in [5.41, 5.74) is 13.2. The normalized spacial score (nSPS) is 12.6. The zero-order valence-corrected chi connectivity index (χ0v) is 36.5. The second kappa shape index (κ2) is 16.0. The summed E-state index contributed by atoms with van der Waals surface area (Å²) >= 11 is 0. The molecular formula is C61H38N6O. The molecule has 2 aromatic heterocycles. The summed E-state index contributed by atoms with van der Waals surface area (Å²) in [4.78, 5) is 31.3. The minimum Gasteiger partial charge on any atom is -0.457 e. The first-order valence-corrected chi connectivity index (χ1v) is 22.7. The Balaban J connectivity index is 1.08. The van der Waals surface area contributed by atoms with Gasteiger partial charge in [-0.1, -0.05) is 206 Å². The molecule has 1 aliphatic carbocycles. The summed E-state index contributed by atoms with van der Waals surface area (Å²) < 4.78 is 6.72. The third-order valence-corrected chi connectivity index (χ3v) is 13.1. The Morgan fingerprint density at radius 2 is 0.647 bits per heavy atom. The number of hydrogen-bond acceptors (Lipinski definition) is 7. The Labute approximate surface area is 393 Å². The zero-order valence-electron chi connectivity index (χ0n) is 36.5. The molecule has 9 aromatic carbocycles. The fourth-order valence-corrected chi connectivity index (χ4v) is 10.0. The van der Waals surface area contributed by atoms with E-state index in [4.69, 9.17) is 34.6 Å². The second-order valence-electron chi connectivity index (χ2n) is 17.0. The lowest BCUT2D eigenvalue weighted by atomic mass is 9.66. The van der Waals surface area contributed by atoms with Gasteiger partial charge < -0.3 is 4.74 Å². The van der Waals surface area contributed by atoms with Crippen LogP contribution >= 0.6 is 0 Å². The van der Waals surface area contributed by atoms with Crippen LogP contribution in [0.4, 0.5) is 0 Å². The van der Waals surface area contributed by atoms with Crippen molar-refractivity contribution >= 4 is 0 Å². The topological polar surface area (TPSA) is 86.6 Å². The first-order valence-electron chi connectivity index (χ1n) is 22.7. The maximum absolute atomic E-state index is 6.72. The highest BCUT2D eigenvalue weighted by Crippen LogP contribution is 2.63. The third-order valence-electron chi connectivity index (χ3n) is 13.1. The molecule has 0 bridgehead atoms. The molecule has 68 heavy (non-hydrogen) atoms. The van der Waals surface area contributed by atoms with Gasteiger partial charge in [-0.05, 0) is 57.6 Å². The number of ether oxygens (including phenoxy) is 1. The van der Waals surface area contributed by atoms with Crippen LogP contribution in [0.3, 0.4) is 0 Å². The molecule has 0 atom stereocenters. The van der Waals surface area contributed by atoms with Crippen molar-refractivity contribution < 1.29 is 4.74 Å². The third kappa shape index (κ3) is 6.43. The first kappa shape index (κ1) is 39.2. The maximum atomic E-state index is 6.72. The minimum absolute atomic E-state index is 0.562. The van der Waals surface area contributed by atoms with E-state index in [0.29, 0.717) is 34.9 Å². The van der Waals surface area contributed by atoms with Gasteiger partial charge in [0.15, 0.2) is 34.9 Å². The molecule has 0 fully saturated rings. The fourth-order valence-electron chi connectivity index (χ4n) is 10.0. The van der Waals surface area contributed by atoms with Gasteiger partial charge in [0.05, 0.1) is 5.41 Å². The van der Waals surface area contributed by atoms with Crippen molar-refractivity contribution in [3.05, 3.63) is 253 Å². The van der Waals surface area contributed by atoms with Crippen LogP contribution in [0.25, 0.3) is 90.6 Å². The molecule has 0 unspecified atom stereocenters. The molecule has 13 rings (SSSR count). The minimum atomic E-state index is -0.750. The standard InChI is InChI=1S/C61H38N6O/c1-5-19-39(20-6-1)43-27-17-28-44(37-43)58-63-55(40-21-7-2-8-22-40)64-59(65-58)45-35-36-48-47(38-45)54-46(60-66-56(41-23-9-3-10-24-41)62-57(67-60)42-25-11-4-12-26-42)29-18-32-51(54)61(48)49-30-13-15-33-52(49)68-53-34-16-14-31-50(53)61/h1-38H. The van der Waals surface area contributed by atoms with Crippen molar-refractivity contribution in [2.75, 3.05) is 0 Å². The molecule has 7 nitrogen and oxygen atoms in total. The molecule has 0 radical (unpaired) electrons. The Morgan fingerprint density at radius 1 is 0.250 bits per heavy atom. The Kier molecular flexibility index (Phi) is 9.25. The molecule has 0 saturated carbocycles. The van der Waals surface area contributed by atoms with Crippen molar-refractivity contribution in [1.29, 1.82) is 0 Å². The summed E-state index contributed by atoms with van der Waals surface area (Å²) in [6.45, 7) is 0. The summed E-state index contributed by atoms with van der Waals surface area (Å²) in [5, 5.41) is 0. The molecule has 0 amide bonds. The maximum Gasteiger partial charge on any atom is 0.164 e. The monoisotopic (exact) mass is 870 g/mol. The average molecular weight is 871 g/mol. The van der Waals surface area contributed by atoms with Gasteiger partial charge in [-0.2, -0.15) is 0 Å². The van der Waals surface area contributed by atoms with Gasteiger partial charge in [0, 0.05) is 44.5 Å². The fraction of sp³-hybridized carbons (Fsp3) is 0.0164. The van der Waals surface area contributed by atoms with Gasteiger partial charge >= 0.3 is 0 Å². The smallest absolute Gasteiger partial charge is 0.164 e. The van der Waals surface area contributed by atoms with E-state index < -0.39 is 5.41 Å². The molecule has 318 valence electrons.